The van der Waals surface area contributed by atoms with Crippen LogP contribution in [-0.2, 0) is 4.74 Å². The van der Waals surface area contributed by atoms with Crippen molar-refractivity contribution in [1.29, 1.82) is 0 Å². The van der Waals surface area contributed by atoms with Crippen LogP contribution in [0, 0.1) is 0 Å². The highest BCUT2D eigenvalue weighted by molar-refractivity contribution is 6.50. The topological polar surface area (TPSA) is 9.23 Å². The molecule has 0 aromatic rings. The zero-order valence-electron chi connectivity index (χ0n) is 9.89. The Bertz CT molecular complexity index is 177. The van der Waals surface area contributed by atoms with E-state index in [0.29, 0.717) is 0 Å². The molecule has 0 aromatic carbocycles. The molecule has 1 rings (SSSR count). The number of likely N-dealkylation sites (tertiary alicyclic amines) is 1. The lowest BCUT2D eigenvalue weighted by atomic mass is 10.3. The van der Waals surface area contributed by atoms with E-state index < -0.39 is 7.25 Å². The van der Waals surface area contributed by atoms with Gasteiger partial charge in [-0.25, -0.2) is 0 Å². The number of quaternary nitrogens is 1. The monoisotopic (exact) mass is 245 g/mol. The molecule has 0 N–H and O–H groups in total. The third kappa shape index (κ3) is 7.93. The van der Waals surface area contributed by atoms with E-state index in [0.717, 1.165) is 13.3 Å². The van der Waals surface area contributed by atoms with Crippen LogP contribution in [0.25, 0.3) is 0 Å². The molecule has 2 nitrogen and oxygen atoms in total. The van der Waals surface area contributed by atoms with Gasteiger partial charge in [-0.05, 0) is 13.8 Å². The fraction of sp³-hybridized carbons (Fsp3) is 1.00. The largest absolute Gasteiger partial charge is 0.673 e. The third-order valence-electron chi connectivity index (χ3n) is 2.76. The van der Waals surface area contributed by atoms with Gasteiger partial charge in [-0.1, -0.05) is 0 Å². The number of hydrogen-bond donors (Lipinski definition) is 0. The van der Waals surface area contributed by atoms with Crippen molar-refractivity contribution in [3.63, 3.8) is 0 Å². The van der Waals surface area contributed by atoms with E-state index in [1.54, 1.807) is 0 Å². The van der Waals surface area contributed by atoms with Gasteiger partial charge in [0.2, 0.25) is 0 Å². The van der Waals surface area contributed by atoms with Crippen LogP contribution in [0.2, 0.25) is 0 Å². The predicted molar refractivity (Wildman–Crippen MR) is 56.4 cm³/mol. The van der Waals surface area contributed by atoms with Crippen molar-refractivity contribution in [1.82, 2.24) is 0 Å². The highest BCUT2D eigenvalue weighted by Gasteiger charge is 2.29. The lowest BCUT2D eigenvalue weighted by Gasteiger charge is -2.32. The number of nitrogens with zero attached hydrogens (tertiary/aromatic N) is 1. The number of ether oxygens (including phenoxy) is 1. The number of hydrogen-bond acceptors (Lipinski definition) is 1. The standard InChI is InChI=1S/C9H20NO.BF4/c1-3-10(9-11-4-2)7-5-6-8-10;2-1(3,4)5/h3-9H2,1-2H3;/q+1;-1. The molecule has 0 radical (unpaired) electrons. The molecule has 1 fully saturated rings. The van der Waals surface area contributed by atoms with Gasteiger partial charge in [-0.15, -0.1) is 0 Å². The fourth-order valence-electron chi connectivity index (χ4n) is 1.83. The maximum Gasteiger partial charge on any atom is 0.673 e. The molecular weight excluding hydrogens is 225 g/mol. The molecule has 1 aliphatic heterocycles. The molecule has 0 aliphatic carbocycles. The van der Waals surface area contributed by atoms with Crippen molar-refractivity contribution in [2.45, 2.75) is 26.7 Å². The molecule has 0 bridgehead atoms. The van der Waals surface area contributed by atoms with E-state index in [1.807, 2.05) is 0 Å². The Morgan fingerprint density at radius 2 is 1.50 bits per heavy atom. The van der Waals surface area contributed by atoms with Crippen LogP contribution in [0.3, 0.4) is 0 Å². The summed E-state index contributed by atoms with van der Waals surface area (Å²) in [6.45, 7) is 10.0. The maximum atomic E-state index is 9.75. The van der Waals surface area contributed by atoms with Crippen molar-refractivity contribution in [3.8, 4) is 0 Å². The molecule has 1 saturated heterocycles. The lowest BCUT2D eigenvalue weighted by Crippen LogP contribution is -2.46. The Balaban J connectivity index is 0.000000385. The van der Waals surface area contributed by atoms with Crippen molar-refractivity contribution < 1.29 is 26.5 Å². The third-order valence-corrected chi connectivity index (χ3v) is 2.76. The number of halogens is 4. The minimum atomic E-state index is -6.00. The zero-order chi connectivity index (χ0) is 12.7. The summed E-state index contributed by atoms with van der Waals surface area (Å²) in [6.07, 6.45) is 2.78. The lowest BCUT2D eigenvalue weighted by molar-refractivity contribution is -0.933. The van der Waals surface area contributed by atoms with E-state index in [4.69, 9.17) is 4.74 Å². The Labute approximate surface area is 94.3 Å². The average molecular weight is 245 g/mol. The van der Waals surface area contributed by atoms with Gasteiger partial charge in [0.1, 0.15) is 0 Å². The Morgan fingerprint density at radius 3 is 1.81 bits per heavy atom. The molecule has 0 amide bonds. The predicted octanol–water partition coefficient (Wildman–Crippen LogP) is 2.91. The molecule has 7 heteroatoms. The van der Waals surface area contributed by atoms with Gasteiger partial charge in [0, 0.05) is 19.4 Å². The first-order valence-corrected chi connectivity index (χ1v) is 5.63. The van der Waals surface area contributed by atoms with Crippen LogP contribution in [0.15, 0.2) is 0 Å². The van der Waals surface area contributed by atoms with Crippen LogP contribution in [-0.4, -0.2) is 44.7 Å². The molecule has 98 valence electrons. The van der Waals surface area contributed by atoms with E-state index in [9.17, 15) is 17.3 Å². The second kappa shape index (κ2) is 7.11. The summed E-state index contributed by atoms with van der Waals surface area (Å²) >= 11 is 0. The molecule has 0 saturated carbocycles. The van der Waals surface area contributed by atoms with Crippen molar-refractivity contribution >= 4 is 7.25 Å². The summed E-state index contributed by atoms with van der Waals surface area (Å²) in [5, 5.41) is 0. The molecule has 1 heterocycles. The van der Waals surface area contributed by atoms with Crippen molar-refractivity contribution in [2.24, 2.45) is 0 Å². The van der Waals surface area contributed by atoms with Crippen LogP contribution in [0.1, 0.15) is 26.7 Å². The number of rotatable bonds is 4. The van der Waals surface area contributed by atoms with Gasteiger partial charge in [-0.3, -0.25) is 0 Å². The highest BCUT2D eigenvalue weighted by Crippen LogP contribution is 2.18. The maximum absolute atomic E-state index is 9.75. The van der Waals surface area contributed by atoms with Crippen LogP contribution >= 0.6 is 0 Å². The minimum absolute atomic E-state index is 0.861. The molecule has 1 aliphatic rings. The van der Waals surface area contributed by atoms with Crippen LogP contribution < -0.4 is 0 Å². The average Bonchev–Trinajstić information content (AvgIpc) is 2.61. The van der Waals surface area contributed by atoms with Crippen LogP contribution in [0.5, 0.6) is 0 Å². The first kappa shape index (κ1) is 15.7. The second-order valence-corrected chi connectivity index (χ2v) is 3.93. The molecule has 0 unspecified atom stereocenters. The zero-order valence-corrected chi connectivity index (χ0v) is 9.89. The van der Waals surface area contributed by atoms with E-state index in [1.165, 1.54) is 37.0 Å². The molecule has 0 spiro atoms. The molecule has 16 heavy (non-hydrogen) atoms. The summed E-state index contributed by atoms with van der Waals surface area (Å²) < 4.78 is 45.7. The molecular formula is C9H20BF4NO. The van der Waals surface area contributed by atoms with Gasteiger partial charge >= 0.3 is 7.25 Å². The van der Waals surface area contributed by atoms with Crippen molar-refractivity contribution in [3.05, 3.63) is 0 Å². The normalized spacial score (nSPS) is 19.1. The summed E-state index contributed by atoms with van der Waals surface area (Å²) in [5.74, 6) is 0. The van der Waals surface area contributed by atoms with E-state index in [2.05, 4.69) is 13.8 Å². The highest BCUT2D eigenvalue weighted by atomic mass is 19.5. The Kier molecular flexibility index (Phi) is 6.98. The summed E-state index contributed by atoms with van der Waals surface area (Å²) in [6, 6.07) is 0. The van der Waals surface area contributed by atoms with Gasteiger partial charge in [0.25, 0.3) is 0 Å². The van der Waals surface area contributed by atoms with Gasteiger partial charge in [0.15, 0.2) is 6.73 Å². The molecule has 0 atom stereocenters. The molecule has 0 aromatic heterocycles. The fourth-order valence-corrected chi connectivity index (χ4v) is 1.83. The van der Waals surface area contributed by atoms with Gasteiger partial charge in [0.05, 0.1) is 19.6 Å². The smallest absolute Gasteiger partial charge is 0.418 e. The van der Waals surface area contributed by atoms with Gasteiger partial charge in [-0.2, -0.15) is 0 Å². The first-order chi connectivity index (χ1) is 7.33. The van der Waals surface area contributed by atoms with E-state index >= 15 is 0 Å². The summed E-state index contributed by atoms with van der Waals surface area (Å²) in [5.41, 5.74) is 0. The first-order valence-electron chi connectivity index (χ1n) is 5.63. The van der Waals surface area contributed by atoms with Gasteiger partial charge < -0.3 is 26.5 Å². The Morgan fingerprint density at radius 1 is 1.06 bits per heavy atom. The quantitative estimate of drug-likeness (QED) is 0.420. The summed E-state index contributed by atoms with van der Waals surface area (Å²) in [7, 11) is -6.00. The SMILES string of the molecule is CCOC[N+]1(CC)CCCC1.F[B-](F)(F)F. The second-order valence-electron chi connectivity index (χ2n) is 3.93. The van der Waals surface area contributed by atoms with E-state index in [-0.39, 0.29) is 0 Å². The Hall–Kier alpha value is -0.295. The van der Waals surface area contributed by atoms with Crippen LogP contribution in [0.4, 0.5) is 17.3 Å². The van der Waals surface area contributed by atoms with Crippen molar-refractivity contribution in [2.75, 3.05) is 33.0 Å². The minimum Gasteiger partial charge on any atom is -0.418 e. The summed E-state index contributed by atoms with van der Waals surface area (Å²) in [4.78, 5) is 0.